The molecule has 0 saturated carbocycles. The smallest absolute Gasteiger partial charge is 0.223 e. The molecule has 0 spiro atoms. The van der Waals surface area contributed by atoms with Gasteiger partial charge in [0, 0.05) is 38.8 Å². The van der Waals surface area contributed by atoms with Gasteiger partial charge < -0.3 is 20.9 Å². The van der Waals surface area contributed by atoms with Crippen LogP contribution < -0.4 is 16.0 Å². The molecule has 3 heterocycles. The van der Waals surface area contributed by atoms with Crippen LogP contribution in [0.3, 0.4) is 0 Å². The van der Waals surface area contributed by atoms with Crippen molar-refractivity contribution in [3.63, 3.8) is 0 Å². The number of nitrogens with zero attached hydrogens (tertiary/aromatic N) is 4. The fraction of sp³-hybridized carbons (Fsp3) is 0.444. The molecule has 2 saturated heterocycles. The van der Waals surface area contributed by atoms with Gasteiger partial charge in [-0.25, -0.2) is 4.39 Å². The standard InChI is InChI=1S/C18H23FN6/c1-24-8-13-10-25(11-14(13)9-24)17-6-16(22-18(20)23-17)21-7-12-3-2-4-15(19)5-12/h2-6,13-14H,7-11H2,1H3,(H3,20,21,22,23). The van der Waals surface area contributed by atoms with Crippen molar-refractivity contribution in [3.8, 4) is 0 Å². The minimum Gasteiger partial charge on any atom is -0.368 e. The maximum absolute atomic E-state index is 13.3. The molecule has 7 heteroatoms. The molecule has 25 heavy (non-hydrogen) atoms. The molecule has 0 radical (unpaired) electrons. The van der Waals surface area contributed by atoms with Gasteiger partial charge in [0.25, 0.3) is 0 Å². The first-order valence-corrected chi connectivity index (χ1v) is 8.63. The Morgan fingerprint density at radius 1 is 1.16 bits per heavy atom. The Kier molecular flexibility index (Phi) is 4.17. The summed E-state index contributed by atoms with van der Waals surface area (Å²) in [6.07, 6.45) is 0. The van der Waals surface area contributed by atoms with Crippen LogP contribution in [0.15, 0.2) is 30.3 Å². The van der Waals surface area contributed by atoms with Crippen LogP contribution >= 0.6 is 0 Å². The molecular formula is C18H23FN6. The number of benzene rings is 1. The highest BCUT2D eigenvalue weighted by molar-refractivity contribution is 5.53. The summed E-state index contributed by atoms with van der Waals surface area (Å²) in [5, 5.41) is 3.22. The molecule has 4 rings (SSSR count). The summed E-state index contributed by atoms with van der Waals surface area (Å²) in [7, 11) is 2.18. The van der Waals surface area contributed by atoms with Crippen LogP contribution in [0.1, 0.15) is 5.56 Å². The highest BCUT2D eigenvalue weighted by atomic mass is 19.1. The van der Waals surface area contributed by atoms with Crippen LogP contribution in [-0.4, -0.2) is 48.1 Å². The quantitative estimate of drug-likeness (QED) is 0.883. The van der Waals surface area contributed by atoms with Gasteiger partial charge in [0.1, 0.15) is 17.5 Å². The van der Waals surface area contributed by atoms with Crippen LogP contribution in [0.5, 0.6) is 0 Å². The molecule has 2 aromatic rings. The van der Waals surface area contributed by atoms with Crippen molar-refractivity contribution in [1.29, 1.82) is 0 Å². The number of nitrogen functional groups attached to an aromatic ring is 1. The van der Waals surface area contributed by atoms with Crippen molar-refractivity contribution in [3.05, 3.63) is 41.7 Å². The average Bonchev–Trinajstić information content (AvgIpc) is 3.10. The zero-order valence-corrected chi connectivity index (χ0v) is 14.3. The maximum Gasteiger partial charge on any atom is 0.223 e. The molecule has 0 amide bonds. The van der Waals surface area contributed by atoms with E-state index in [-0.39, 0.29) is 11.8 Å². The maximum atomic E-state index is 13.3. The fourth-order valence-electron chi connectivity index (χ4n) is 3.96. The van der Waals surface area contributed by atoms with Gasteiger partial charge in [0.05, 0.1) is 0 Å². The number of anilines is 3. The highest BCUT2D eigenvalue weighted by Crippen LogP contribution is 2.33. The molecule has 132 valence electrons. The molecule has 2 fully saturated rings. The number of rotatable bonds is 4. The van der Waals surface area contributed by atoms with E-state index in [9.17, 15) is 4.39 Å². The minimum atomic E-state index is -0.240. The molecule has 2 aliphatic heterocycles. The Hall–Kier alpha value is -2.41. The first kappa shape index (κ1) is 16.1. The Bertz CT molecular complexity index is 753. The van der Waals surface area contributed by atoms with E-state index in [1.165, 1.54) is 12.1 Å². The number of likely N-dealkylation sites (tertiary alicyclic amines) is 1. The third kappa shape index (κ3) is 3.51. The van der Waals surface area contributed by atoms with Crippen LogP contribution in [0, 0.1) is 17.7 Å². The molecule has 0 aliphatic carbocycles. The lowest BCUT2D eigenvalue weighted by Gasteiger charge is -2.21. The summed E-state index contributed by atoms with van der Waals surface area (Å²) in [6, 6.07) is 8.45. The zero-order valence-electron chi connectivity index (χ0n) is 14.3. The SMILES string of the molecule is CN1CC2CN(c3cc(NCc4cccc(F)c4)nc(N)n3)CC2C1. The number of halogens is 1. The van der Waals surface area contributed by atoms with E-state index in [4.69, 9.17) is 5.73 Å². The fourth-order valence-corrected chi connectivity index (χ4v) is 3.96. The van der Waals surface area contributed by atoms with Crippen molar-refractivity contribution >= 4 is 17.6 Å². The van der Waals surface area contributed by atoms with E-state index in [2.05, 4.69) is 32.1 Å². The van der Waals surface area contributed by atoms with Gasteiger partial charge >= 0.3 is 0 Å². The second-order valence-electron chi connectivity index (χ2n) is 7.10. The predicted octanol–water partition coefficient (Wildman–Crippen LogP) is 1.81. The molecule has 1 aromatic heterocycles. The van der Waals surface area contributed by atoms with Crippen LogP contribution in [0.2, 0.25) is 0 Å². The Labute approximate surface area is 146 Å². The largest absolute Gasteiger partial charge is 0.368 e. The number of nitrogens with two attached hydrogens (primary N) is 1. The second-order valence-corrected chi connectivity index (χ2v) is 7.10. The van der Waals surface area contributed by atoms with Crippen molar-refractivity contribution in [2.45, 2.75) is 6.54 Å². The summed E-state index contributed by atoms with van der Waals surface area (Å²) in [5.41, 5.74) is 6.76. The summed E-state index contributed by atoms with van der Waals surface area (Å²) < 4.78 is 13.3. The minimum absolute atomic E-state index is 0.240. The van der Waals surface area contributed by atoms with E-state index in [1.54, 1.807) is 6.07 Å². The summed E-state index contributed by atoms with van der Waals surface area (Å²) >= 11 is 0. The van der Waals surface area contributed by atoms with Crippen LogP contribution in [0.4, 0.5) is 22.0 Å². The lowest BCUT2D eigenvalue weighted by Crippen LogP contribution is -2.27. The molecule has 2 atom stereocenters. The third-order valence-corrected chi connectivity index (χ3v) is 5.09. The van der Waals surface area contributed by atoms with E-state index in [0.717, 1.165) is 37.6 Å². The van der Waals surface area contributed by atoms with Crippen molar-refractivity contribution < 1.29 is 4.39 Å². The molecule has 1 aromatic carbocycles. The monoisotopic (exact) mass is 342 g/mol. The van der Waals surface area contributed by atoms with E-state index >= 15 is 0 Å². The predicted molar refractivity (Wildman–Crippen MR) is 96.9 cm³/mol. The van der Waals surface area contributed by atoms with E-state index in [0.29, 0.717) is 24.2 Å². The van der Waals surface area contributed by atoms with Gasteiger partial charge in [-0.2, -0.15) is 9.97 Å². The normalized spacial score (nSPS) is 23.0. The first-order valence-electron chi connectivity index (χ1n) is 8.63. The number of nitrogens with one attached hydrogen (secondary N) is 1. The third-order valence-electron chi connectivity index (χ3n) is 5.09. The summed E-state index contributed by atoms with van der Waals surface area (Å²) in [4.78, 5) is 13.4. The average molecular weight is 342 g/mol. The Morgan fingerprint density at radius 3 is 2.64 bits per heavy atom. The van der Waals surface area contributed by atoms with Crippen molar-refractivity contribution in [2.24, 2.45) is 11.8 Å². The Balaban J connectivity index is 1.46. The topological polar surface area (TPSA) is 70.3 Å². The van der Waals surface area contributed by atoms with E-state index in [1.807, 2.05) is 12.1 Å². The van der Waals surface area contributed by atoms with Gasteiger partial charge in [-0.15, -0.1) is 0 Å². The van der Waals surface area contributed by atoms with Gasteiger partial charge in [0.2, 0.25) is 5.95 Å². The number of fused-ring (bicyclic) bond motifs is 1. The van der Waals surface area contributed by atoms with Gasteiger partial charge in [-0.05, 0) is 36.6 Å². The zero-order chi connectivity index (χ0) is 17.4. The summed E-state index contributed by atoms with van der Waals surface area (Å²) in [5.74, 6) is 2.95. The van der Waals surface area contributed by atoms with Gasteiger partial charge in [-0.1, -0.05) is 12.1 Å². The van der Waals surface area contributed by atoms with E-state index < -0.39 is 0 Å². The second kappa shape index (κ2) is 6.48. The molecule has 0 bridgehead atoms. The number of hydrogen-bond donors (Lipinski definition) is 2. The van der Waals surface area contributed by atoms with Crippen molar-refractivity contribution in [1.82, 2.24) is 14.9 Å². The van der Waals surface area contributed by atoms with Crippen LogP contribution in [-0.2, 0) is 6.54 Å². The van der Waals surface area contributed by atoms with Gasteiger partial charge in [-0.3, -0.25) is 0 Å². The first-order chi connectivity index (χ1) is 12.1. The molecule has 2 aliphatic rings. The van der Waals surface area contributed by atoms with Gasteiger partial charge in [0.15, 0.2) is 0 Å². The highest BCUT2D eigenvalue weighted by Gasteiger charge is 2.39. The molecule has 2 unspecified atom stereocenters. The van der Waals surface area contributed by atoms with Crippen LogP contribution in [0.25, 0.3) is 0 Å². The number of aromatic nitrogens is 2. The molecule has 3 N–H and O–H groups in total. The lowest BCUT2D eigenvalue weighted by atomic mass is 10.0. The van der Waals surface area contributed by atoms with Crippen molar-refractivity contribution in [2.75, 3.05) is 49.2 Å². The lowest BCUT2D eigenvalue weighted by molar-refractivity contribution is 0.387. The summed E-state index contributed by atoms with van der Waals surface area (Å²) in [6.45, 7) is 4.80. The Morgan fingerprint density at radius 2 is 1.92 bits per heavy atom. The number of hydrogen-bond acceptors (Lipinski definition) is 6. The molecule has 6 nitrogen and oxygen atoms in total. The molecular weight excluding hydrogens is 319 g/mol.